The third-order valence-corrected chi connectivity index (χ3v) is 3.24. The molecule has 0 bridgehead atoms. The predicted molar refractivity (Wildman–Crippen MR) is 69.8 cm³/mol. The summed E-state index contributed by atoms with van der Waals surface area (Å²) in [5, 5.41) is 12.6. The van der Waals surface area contributed by atoms with Crippen molar-refractivity contribution in [2.24, 2.45) is 0 Å². The van der Waals surface area contributed by atoms with E-state index in [1.807, 2.05) is 18.2 Å². The second-order valence-electron chi connectivity index (χ2n) is 4.56. The quantitative estimate of drug-likeness (QED) is 0.804. The molecule has 0 aliphatic carbocycles. The molecule has 1 heterocycles. The van der Waals surface area contributed by atoms with Crippen LogP contribution in [0.4, 0.5) is 0 Å². The molecular formula is C14H21NO3. The number of benzene rings is 1. The molecule has 0 amide bonds. The number of para-hydroxylation sites is 1. The fourth-order valence-corrected chi connectivity index (χ4v) is 2.37. The van der Waals surface area contributed by atoms with Gasteiger partial charge in [-0.2, -0.15) is 0 Å². The van der Waals surface area contributed by atoms with E-state index < -0.39 is 0 Å². The van der Waals surface area contributed by atoms with Crippen LogP contribution in [0.2, 0.25) is 0 Å². The molecule has 2 unspecified atom stereocenters. The van der Waals surface area contributed by atoms with Crippen molar-refractivity contribution < 1.29 is 14.6 Å². The molecule has 4 nitrogen and oxygen atoms in total. The molecule has 0 aromatic heterocycles. The summed E-state index contributed by atoms with van der Waals surface area (Å²) in [6.45, 7) is 1.51. The van der Waals surface area contributed by atoms with Crippen molar-refractivity contribution in [3.8, 4) is 5.75 Å². The Labute approximate surface area is 108 Å². The minimum absolute atomic E-state index is 0.173. The number of hydrogen-bond acceptors (Lipinski definition) is 4. The molecule has 0 radical (unpaired) electrons. The van der Waals surface area contributed by atoms with Crippen LogP contribution >= 0.6 is 0 Å². The lowest BCUT2D eigenvalue weighted by atomic mass is 9.99. The zero-order chi connectivity index (χ0) is 12.8. The van der Waals surface area contributed by atoms with Crippen LogP contribution in [-0.2, 0) is 4.74 Å². The molecule has 1 aliphatic heterocycles. The van der Waals surface area contributed by atoms with Crippen LogP contribution in [0.5, 0.6) is 5.75 Å². The van der Waals surface area contributed by atoms with Gasteiger partial charge in [0, 0.05) is 37.8 Å². The maximum Gasteiger partial charge on any atom is 0.124 e. The molecule has 2 atom stereocenters. The second kappa shape index (κ2) is 6.73. The van der Waals surface area contributed by atoms with Gasteiger partial charge >= 0.3 is 0 Å². The van der Waals surface area contributed by atoms with Gasteiger partial charge in [0.05, 0.1) is 13.2 Å². The van der Waals surface area contributed by atoms with Crippen molar-refractivity contribution in [2.75, 3.05) is 26.9 Å². The molecule has 2 N–H and O–H groups in total. The Kier molecular flexibility index (Phi) is 4.99. The highest BCUT2D eigenvalue weighted by Gasteiger charge is 2.23. The first-order valence-electron chi connectivity index (χ1n) is 6.42. The average Bonchev–Trinajstić information content (AvgIpc) is 2.40. The van der Waals surface area contributed by atoms with E-state index in [1.165, 1.54) is 5.56 Å². The number of methoxy groups -OCH3 is 1. The molecular weight excluding hydrogens is 230 g/mol. The topological polar surface area (TPSA) is 50.7 Å². The van der Waals surface area contributed by atoms with Gasteiger partial charge in [-0.05, 0) is 12.5 Å². The minimum atomic E-state index is 0.173. The SMILES string of the molecule is COCC(CCO)NC1CCOc2ccccc21. The van der Waals surface area contributed by atoms with E-state index in [-0.39, 0.29) is 18.7 Å². The first-order valence-corrected chi connectivity index (χ1v) is 6.42. The summed E-state index contributed by atoms with van der Waals surface area (Å²) in [5.41, 5.74) is 1.20. The van der Waals surface area contributed by atoms with Crippen LogP contribution in [0.3, 0.4) is 0 Å². The maximum absolute atomic E-state index is 9.07. The van der Waals surface area contributed by atoms with E-state index in [9.17, 15) is 0 Å². The Balaban J connectivity index is 2.05. The molecule has 100 valence electrons. The van der Waals surface area contributed by atoms with Gasteiger partial charge in [0.25, 0.3) is 0 Å². The summed E-state index contributed by atoms with van der Waals surface area (Å²) >= 11 is 0. The van der Waals surface area contributed by atoms with E-state index in [4.69, 9.17) is 14.6 Å². The third-order valence-electron chi connectivity index (χ3n) is 3.24. The highest BCUT2D eigenvalue weighted by atomic mass is 16.5. The van der Waals surface area contributed by atoms with Crippen LogP contribution in [0, 0.1) is 0 Å². The molecule has 1 aliphatic rings. The fraction of sp³-hybridized carbons (Fsp3) is 0.571. The normalized spacial score (nSPS) is 20.0. The van der Waals surface area contributed by atoms with Crippen molar-refractivity contribution in [1.29, 1.82) is 0 Å². The second-order valence-corrected chi connectivity index (χ2v) is 4.56. The van der Waals surface area contributed by atoms with Gasteiger partial charge in [-0.15, -0.1) is 0 Å². The highest BCUT2D eigenvalue weighted by Crippen LogP contribution is 2.31. The Morgan fingerprint density at radius 3 is 3.11 bits per heavy atom. The maximum atomic E-state index is 9.07. The van der Waals surface area contributed by atoms with Crippen LogP contribution in [0.25, 0.3) is 0 Å². The summed E-state index contributed by atoms with van der Waals surface area (Å²) in [6, 6.07) is 8.56. The Morgan fingerprint density at radius 1 is 1.50 bits per heavy atom. The molecule has 0 spiro atoms. The molecule has 4 heteroatoms. The predicted octanol–water partition coefficient (Wildman–Crippen LogP) is 1.50. The molecule has 1 aromatic rings. The number of ether oxygens (including phenoxy) is 2. The van der Waals surface area contributed by atoms with Crippen molar-refractivity contribution in [1.82, 2.24) is 5.32 Å². The van der Waals surface area contributed by atoms with Crippen LogP contribution < -0.4 is 10.1 Å². The number of aliphatic hydroxyl groups is 1. The van der Waals surface area contributed by atoms with Gasteiger partial charge in [-0.25, -0.2) is 0 Å². The smallest absolute Gasteiger partial charge is 0.124 e. The first kappa shape index (κ1) is 13.3. The lowest BCUT2D eigenvalue weighted by Gasteiger charge is -2.30. The summed E-state index contributed by atoms with van der Waals surface area (Å²) in [6.07, 6.45) is 1.65. The van der Waals surface area contributed by atoms with Crippen LogP contribution in [0.15, 0.2) is 24.3 Å². The van der Waals surface area contributed by atoms with Gasteiger partial charge in [-0.1, -0.05) is 18.2 Å². The number of hydrogen-bond donors (Lipinski definition) is 2. The fourth-order valence-electron chi connectivity index (χ4n) is 2.37. The molecule has 0 saturated heterocycles. The zero-order valence-corrected chi connectivity index (χ0v) is 10.8. The van der Waals surface area contributed by atoms with Crippen molar-refractivity contribution >= 4 is 0 Å². The van der Waals surface area contributed by atoms with Crippen LogP contribution in [-0.4, -0.2) is 38.1 Å². The average molecular weight is 251 g/mol. The van der Waals surface area contributed by atoms with E-state index in [0.717, 1.165) is 18.8 Å². The Bertz CT molecular complexity index is 364. The van der Waals surface area contributed by atoms with Crippen molar-refractivity contribution in [3.63, 3.8) is 0 Å². The van der Waals surface area contributed by atoms with Gasteiger partial charge in [0.15, 0.2) is 0 Å². The first-order chi connectivity index (χ1) is 8.85. The lowest BCUT2D eigenvalue weighted by molar-refractivity contribution is 0.135. The minimum Gasteiger partial charge on any atom is -0.493 e. The molecule has 1 aromatic carbocycles. The highest BCUT2D eigenvalue weighted by molar-refractivity contribution is 5.37. The van der Waals surface area contributed by atoms with E-state index >= 15 is 0 Å². The largest absolute Gasteiger partial charge is 0.493 e. The number of aliphatic hydroxyl groups excluding tert-OH is 1. The van der Waals surface area contributed by atoms with E-state index in [2.05, 4.69) is 11.4 Å². The Hall–Kier alpha value is -1.10. The van der Waals surface area contributed by atoms with Gasteiger partial charge in [0.1, 0.15) is 5.75 Å². The summed E-state index contributed by atoms with van der Waals surface area (Å²) in [4.78, 5) is 0. The number of fused-ring (bicyclic) bond motifs is 1. The number of nitrogens with one attached hydrogen (secondary N) is 1. The standard InChI is InChI=1S/C14H21NO3/c1-17-10-11(6-8-16)15-13-7-9-18-14-5-3-2-4-12(13)14/h2-5,11,13,15-16H,6-10H2,1H3. The van der Waals surface area contributed by atoms with E-state index in [1.54, 1.807) is 7.11 Å². The molecule has 2 rings (SSSR count). The zero-order valence-electron chi connectivity index (χ0n) is 10.8. The summed E-state index contributed by atoms with van der Waals surface area (Å²) in [7, 11) is 1.68. The summed E-state index contributed by atoms with van der Waals surface area (Å²) < 4.78 is 10.8. The van der Waals surface area contributed by atoms with Gasteiger partial charge < -0.3 is 19.9 Å². The molecule has 0 fully saturated rings. The Morgan fingerprint density at radius 2 is 2.33 bits per heavy atom. The van der Waals surface area contributed by atoms with Crippen molar-refractivity contribution in [3.05, 3.63) is 29.8 Å². The van der Waals surface area contributed by atoms with Gasteiger partial charge in [-0.3, -0.25) is 0 Å². The number of rotatable bonds is 6. The molecule has 18 heavy (non-hydrogen) atoms. The van der Waals surface area contributed by atoms with Crippen molar-refractivity contribution in [2.45, 2.75) is 24.9 Å². The van der Waals surface area contributed by atoms with Crippen LogP contribution in [0.1, 0.15) is 24.4 Å². The lowest BCUT2D eigenvalue weighted by Crippen LogP contribution is -2.39. The summed E-state index contributed by atoms with van der Waals surface area (Å²) in [5.74, 6) is 0.960. The van der Waals surface area contributed by atoms with E-state index in [0.29, 0.717) is 13.0 Å². The molecule has 0 saturated carbocycles. The third kappa shape index (κ3) is 3.22. The monoisotopic (exact) mass is 251 g/mol. The van der Waals surface area contributed by atoms with Gasteiger partial charge in [0.2, 0.25) is 0 Å².